The Bertz CT molecular complexity index is 690. The van der Waals surface area contributed by atoms with Crippen LogP contribution < -0.4 is 0 Å². The molecule has 3 rings (SSSR count). The zero-order valence-corrected chi connectivity index (χ0v) is 10.7. The van der Waals surface area contributed by atoms with E-state index in [0.29, 0.717) is 0 Å². The molecule has 0 saturated heterocycles. The van der Waals surface area contributed by atoms with E-state index in [1.54, 1.807) is 0 Å². The summed E-state index contributed by atoms with van der Waals surface area (Å²) in [5.41, 5.74) is 5.20. The summed E-state index contributed by atoms with van der Waals surface area (Å²) >= 11 is 0. The number of rotatable bonds is 2. The lowest BCUT2D eigenvalue weighted by Gasteiger charge is -2.05. The van der Waals surface area contributed by atoms with Crippen LogP contribution in [0.25, 0.3) is 22.5 Å². The van der Waals surface area contributed by atoms with Gasteiger partial charge in [0, 0.05) is 23.0 Å². The highest BCUT2D eigenvalue weighted by atomic mass is 14.7. The van der Waals surface area contributed by atoms with Gasteiger partial charge in [-0.05, 0) is 31.2 Å². The summed E-state index contributed by atoms with van der Waals surface area (Å²) in [5, 5.41) is 0. The fourth-order valence-electron chi connectivity index (χ4n) is 2.06. The minimum Gasteiger partial charge on any atom is -0.256 e. The molecule has 2 aromatic heterocycles. The van der Waals surface area contributed by atoms with Crippen LogP contribution in [-0.4, -0.2) is 9.97 Å². The second kappa shape index (κ2) is 5.02. The minimum absolute atomic E-state index is 0.974. The third-order valence-electron chi connectivity index (χ3n) is 3.01. The molecule has 1 aromatic carbocycles. The number of hydrogen-bond acceptors (Lipinski definition) is 2. The summed E-state index contributed by atoms with van der Waals surface area (Å²) in [6, 6.07) is 20.3. The van der Waals surface area contributed by atoms with Gasteiger partial charge in [-0.2, -0.15) is 0 Å². The van der Waals surface area contributed by atoms with Crippen LogP contribution in [-0.2, 0) is 0 Å². The summed E-state index contributed by atoms with van der Waals surface area (Å²) in [4.78, 5) is 8.98. The Balaban J connectivity index is 2.06. The fraction of sp³-hybridized carbons (Fsp3) is 0.0588. The van der Waals surface area contributed by atoms with Gasteiger partial charge in [0.1, 0.15) is 0 Å². The van der Waals surface area contributed by atoms with E-state index in [4.69, 9.17) is 0 Å². The van der Waals surface area contributed by atoms with Crippen LogP contribution in [0.1, 0.15) is 5.69 Å². The molecule has 0 unspecified atom stereocenters. The Morgan fingerprint density at radius 3 is 2.37 bits per heavy atom. The quantitative estimate of drug-likeness (QED) is 0.679. The first-order chi connectivity index (χ1) is 9.33. The molecule has 0 aliphatic heterocycles. The number of aryl methyl sites for hydroxylation is 1. The average molecular weight is 246 g/mol. The molecule has 19 heavy (non-hydrogen) atoms. The lowest BCUT2D eigenvalue weighted by Crippen LogP contribution is -1.88. The first-order valence-corrected chi connectivity index (χ1v) is 6.28. The maximum atomic E-state index is 4.55. The van der Waals surface area contributed by atoms with E-state index < -0.39 is 0 Å². The van der Waals surface area contributed by atoms with Gasteiger partial charge in [0.2, 0.25) is 0 Å². The van der Waals surface area contributed by atoms with E-state index in [2.05, 4.69) is 28.2 Å². The van der Waals surface area contributed by atoms with Crippen molar-refractivity contribution in [3.05, 3.63) is 72.6 Å². The van der Waals surface area contributed by atoms with Gasteiger partial charge >= 0.3 is 0 Å². The molecule has 2 heterocycles. The largest absolute Gasteiger partial charge is 0.256 e. The van der Waals surface area contributed by atoms with Crippen molar-refractivity contribution in [3.63, 3.8) is 0 Å². The van der Waals surface area contributed by atoms with Crippen LogP contribution in [0.15, 0.2) is 66.9 Å². The minimum atomic E-state index is 0.974. The summed E-state index contributed by atoms with van der Waals surface area (Å²) < 4.78 is 0. The molecule has 0 aliphatic carbocycles. The van der Waals surface area contributed by atoms with Crippen LogP contribution in [0, 0.1) is 6.92 Å². The van der Waals surface area contributed by atoms with Crippen molar-refractivity contribution in [2.24, 2.45) is 0 Å². The predicted octanol–water partition coefficient (Wildman–Crippen LogP) is 4.12. The highest BCUT2D eigenvalue weighted by Gasteiger charge is 2.03. The van der Waals surface area contributed by atoms with Crippen molar-refractivity contribution in [2.45, 2.75) is 6.92 Å². The number of pyridine rings is 2. The number of benzene rings is 1. The average Bonchev–Trinajstić information content (AvgIpc) is 2.48. The van der Waals surface area contributed by atoms with Crippen molar-refractivity contribution in [3.8, 4) is 22.5 Å². The lowest BCUT2D eigenvalue weighted by atomic mass is 10.1. The Morgan fingerprint density at radius 2 is 1.58 bits per heavy atom. The van der Waals surface area contributed by atoms with Crippen LogP contribution in [0.4, 0.5) is 0 Å². The van der Waals surface area contributed by atoms with E-state index in [1.165, 1.54) is 0 Å². The van der Waals surface area contributed by atoms with Crippen molar-refractivity contribution >= 4 is 0 Å². The number of aromatic nitrogens is 2. The van der Waals surface area contributed by atoms with E-state index in [9.17, 15) is 0 Å². The predicted molar refractivity (Wildman–Crippen MR) is 77.6 cm³/mol. The molecule has 0 bridgehead atoms. The summed E-state index contributed by atoms with van der Waals surface area (Å²) in [6.45, 7) is 2.00. The van der Waals surface area contributed by atoms with E-state index >= 15 is 0 Å². The monoisotopic (exact) mass is 246 g/mol. The third kappa shape index (κ3) is 2.52. The van der Waals surface area contributed by atoms with Crippen LogP contribution in [0.3, 0.4) is 0 Å². The van der Waals surface area contributed by atoms with Gasteiger partial charge in [0.25, 0.3) is 0 Å². The topological polar surface area (TPSA) is 25.8 Å². The first kappa shape index (κ1) is 11.6. The van der Waals surface area contributed by atoms with Crippen molar-refractivity contribution < 1.29 is 0 Å². The van der Waals surface area contributed by atoms with Crippen molar-refractivity contribution in [2.75, 3.05) is 0 Å². The molecule has 0 radical (unpaired) electrons. The van der Waals surface area contributed by atoms with Gasteiger partial charge in [-0.1, -0.05) is 36.4 Å². The smallest absolute Gasteiger partial charge is 0.0708 e. The standard InChI is InChI=1S/C17H14N2/c1-13-6-5-9-16(19-13)15-10-11-18-17(12-15)14-7-3-2-4-8-14/h2-12H,1H3. The number of hydrogen-bond donors (Lipinski definition) is 0. The van der Waals surface area contributed by atoms with Crippen LogP contribution >= 0.6 is 0 Å². The van der Waals surface area contributed by atoms with Crippen LogP contribution in [0.2, 0.25) is 0 Å². The molecule has 0 aliphatic rings. The maximum absolute atomic E-state index is 4.55. The summed E-state index contributed by atoms with van der Waals surface area (Å²) in [5.74, 6) is 0. The Hall–Kier alpha value is -2.48. The zero-order chi connectivity index (χ0) is 13.1. The first-order valence-electron chi connectivity index (χ1n) is 6.28. The van der Waals surface area contributed by atoms with Crippen molar-refractivity contribution in [1.82, 2.24) is 9.97 Å². The molecule has 0 amide bonds. The zero-order valence-electron chi connectivity index (χ0n) is 10.7. The molecular formula is C17H14N2. The molecule has 0 fully saturated rings. The molecule has 92 valence electrons. The van der Waals surface area contributed by atoms with Gasteiger partial charge < -0.3 is 0 Å². The molecule has 3 aromatic rings. The van der Waals surface area contributed by atoms with E-state index in [-0.39, 0.29) is 0 Å². The third-order valence-corrected chi connectivity index (χ3v) is 3.01. The summed E-state index contributed by atoms with van der Waals surface area (Å²) in [6.07, 6.45) is 1.84. The second-order valence-corrected chi connectivity index (χ2v) is 4.46. The number of nitrogens with zero attached hydrogens (tertiary/aromatic N) is 2. The molecule has 0 N–H and O–H groups in total. The molecule has 2 heteroatoms. The van der Waals surface area contributed by atoms with Gasteiger partial charge in [-0.3, -0.25) is 9.97 Å². The Labute approximate surface area is 112 Å². The Morgan fingerprint density at radius 1 is 0.737 bits per heavy atom. The van der Waals surface area contributed by atoms with Crippen LogP contribution in [0.5, 0.6) is 0 Å². The molecule has 0 saturated carbocycles. The van der Waals surface area contributed by atoms with Gasteiger partial charge in [-0.25, -0.2) is 0 Å². The molecular weight excluding hydrogens is 232 g/mol. The highest BCUT2D eigenvalue weighted by molar-refractivity contribution is 5.68. The SMILES string of the molecule is Cc1cccc(-c2ccnc(-c3ccccc3)c2)n1. The van der Waals surface area contributed by atoms with Gasteiger partial charge in [0.05, 0.1) is 11.4 Å². The highest BCUT2D eigenvalue weighted by Crippen LogP contribution is 2.23. The maximum Gasteiger partial charge on any atom is 0.0708 e. The van der Waals surface area contributed by atoms with Gasteiger partial charge in [-0.15, -0.1) is 0 Å². The molecule has 2 nitrogen and oxygen atoms in total. The second-order valence-electron chi connectivity index (χ2n) is 4.46. The normalized spacial score (nSPS) is 10.4. The molecule has 0 atom stereocenters. The molecule has 0 spiro atoms. The van der Waals surface area contributed by atoms with Crippen molar-refractivity contribution in [1.29, 1.82) is 0 Å². The lowest BCUT2D eigenvalue weighted by molar-refractivity contribution is 1.20. The van der Waals surface area contributed by atoms with E-state index in [1.807, 2.05) is 55.6 Å². The van der Waals surface area contributed by atoms with E-state index in [0.717, 1.165) is 28.2 Å². The fourth-order valence-corrected chi connectivity index (χ4v) is 2.06. The van der Waals surface area contributed by atoms with Gasteiger partial charge in [0.15, 0.2) is 0 Å². The Kier molecular flexibility index (Phi) is 3.07. The summed E-state index contributed by atoms with van der Waals surface area (Å²) in [7, 11) is 0.